The summed E-state index contributed by atoms with van der Waals surface area (Å²) in [6.45, 7) is 0.854. The van der Waals surface area contributed by atoms with Crippen LogP contribution in [0.1, 0.15) is 12.8 Å². The molecule has 1 aromatic heterocycles. The van der Waals surface area contributed by atoms with E-state index < -0.39 is 10.0 Å². The van der Waals surface area contributed by atoms with Gasteiger partial charge < -0.3 is 14.1 Å². The normalized spacial score (nSPS) is 20.1. The lowest BCUT2D eigenvalue weighted by Crippen LogP contribution is -2.48. The highest BCUT2D eigenvalue weighted by molar-refractivity contribution is 7.89. The molecule has 0 spiro atoms. The summed E-state index contributed by atoms with van der Waals surface area (Å²) in [5.41, 5.74) is 2.67. The van der Waals surface area contributed by atoms with Crippen LogP contribution in [0.4, 0.5) is 5.69 Å². The molecular formula is C20H18N2O4S. The average Bonchev–Trinajstić information content (AvgIpc) is 3.33. The molecule has 0 bridgehead atoms. The first kappa shape index (κ1) is 16.4. The van der Waals surface area contributed by atoms with Gasteiger partial charge in [-0.05, 0) is 48.7 Å². The molecule has 1 fully saturated rings. The molecule has 1 saturated heterocycles. The van der Waals surface area contributed by atoms with Crippen molar-refractivity contribution in [3.8, 4) is 22.6 Å². The van der Waals surface area contributed by atoms with Crippen molar-refractivity contribution in [1.82, 2.24) is 4.72 Å². The molecule has 3 aromatic rings. The predicted octanol–water partition coefficient (Wildman–Crippen LogP) is 3.96. The molecule has 0 saturated carbocycles. The summed E-state index contributed by atoms with van der Waals surface area (Å²) in [6, 6.07) is 14.7. The Balaban J connectivity index is 1.48. The lowest BCUT2D eigenvalue weighted by atomic mass is 10.1. The molecule has 7 heteroatoms. The van der Waals surface area contributed by atoms with Crippen molar-refractivity contribution in [2.75, 3.05) is 11.4 Å². The maximum absolute atomic E-state index is 12.6. The number of hydrogen-bond acceptors (Lipinski definition) is 5. The maximum Gasteiger partial charge on any atom is 0.244 e. The smallest absolute Gasteiger partial charge is 0.244 e. The van der Waals surface area contributed by atoms with Gasteiger partial charge in [-0.3, -0.25) is 0 Å². The van der Waals surface area contributed by atoms with Crippen molar-refractivity contribution in [3.05, 3.63) is 61.1 Å². The molecule has 2 aliphatic heterocycles. The summed E-state index contributed by atoms with van der Waals surface area (Å²) in [5.74, 6) is 1.12. The Hall–Kier alpha value is -2.77. The minimum atomic E-state index is -3.54. The summed E-state index contributed by atoms with van der Waals surface area (Å²) in [7, 11) is -3.54. The topological polar surface area (TPSA) is 71.8 Å². The average molecular weight is 382 g/mol. The lowest BCUT2D eigenvalue weighted by molar-refractivity contribution is 0.479. The van der Waals surface area contributed by atoms with Gasteiger partial charge in [-0.2, -0.15) is 4.72 Å². The van der Waals surface area contributed by atoms with E-state index in [4.69, 9.17) is 9.15 Å². The fourth-order valence-corrected chi connectivity index (χ4v) is 5.20. The van der Waals surface area contributed by atoms with E-state index in [-0.39, 0.29) is 11.1 Å². The number of rotatable bonds is 3. The van der Waals surface area contributed by atoms with Crippen LogP contribution in [0.3, 0.4) is 0 Å². The van der Waals surface area contributed by atoms with Crippen molar-refractivity contribution in [2.45, 2.75) is 23.9 Å². The summed E-state index contributed by atoms with van der Waals surface area (Å²) in [6.07, 6.45) is 4.96. The van der Waals surface area contributed by atoms with Crippen LogP contribution in [0.25, 0.3) is 11.1 Å². The van der Waals surface area contributed by atoms with Crippen LogP contribution in [0.15, 0.2) is 70.4 Å². The minimum absolute atomic E-state index is 0.138. The van der Waals surface area contributed by atoms with Gasteiger partial charge in [0, 0.05) is 18.2 Å². The first-order valence-electron chi connectivity index (χ1n) is 8.84. The van der Waals surface area contributed by atoms with Crippen molar-refractivity contribution in [1.29, 1.82) is 0 Å². The molecule has 2 aromatic carbocycles. The Kier molecular flexibility index (Phi) is 3.73. The second kappa shape index (κ2) is 6.14. The second-order valence-corrected chi connectivity index (χ2v) is 8.43. The van der Waals surface area contributed by atoms with Gasteiger partial charge in [-0.15, -0.1) is 0 Å². The molecule has 1 N–H and O–H groups in total. The first-order chi connectivity index (χ1) is 13.1. The van der Waals surface area contributed by atoms with Crippen molar-refractivity contribution in [2.24, 2.45) is 0 Å². The standard InChI is InChI=1S/C20H18N2O4S/c23-27(24)19-12-17(6-7-18(19)22-9-2-5-20(22)21-27)26-16-4-1-3-14(11-16)15-8-10-25-13-15/h1,3-4,6-8,10-13,20-21H,2,5,9H2. The molecule has 138 valence electrons. The number of anilines is 1. The van der Waals surface area contributed by atoms with Crippen LogP contribution < -0.4 is 14.4 Å². The van der Waals surface area contributed by atoms with Crippen molar-refractivity contribution < 1.29 is 17.6 Å². The molecule has 27 heavy (non-hydrogen) atoms. The number of fused-ring (bicyclic) bond motifs is 3. The van der Waals surface area contributed by atoms with E-state index in [1.807, 2.05) is 42.5 Å². The quantitative estimate of drug-likeness (QED) is 0.742. The molecule has 2 aliphatic rings. The van der Waals surface area contributed by atoms with Gasteiger partial charge in [-0.25, -0.2) is 8.42 Å². The predicted molar refractivity (Wildman–Crippen MR) is 101 cm³/mol. The monoisotopic (exact) mass is 382 g/mol. The number of benzene rings is 2. The third-order valence-electron chi connectivity index (χ3n) is 5.00. The van der Waals surface area contributed by atoms with E-state index in [0.29, 0.717) is 11.5 Å². The number of nitrogens with one attached hydrogen (secondary N) is 1. The van der Waals surface area contributed by atoms with E-state index >= 15 is 0 Å². The van der Waals surface area contributed by atoms with Crippen LogP contribution >= 0.6 is 0 Å². The van der Waals surface area contributed by atoms with Gasteiger partial charge in [0.25, 0.3) is 0 Å². The fourth-order valence-electron chi connectivity index (χ4n) is 3.73. The Morgan fingerprint density at radius 2 is 1.96 bits per heavy atom. The van der Waals surface area contributed by atoms with Crippen LogP contribution in [0.2, 0.25) is 0 Å². The fraction of sp³-hybridized carbons (Fsp3) is 0.200. The third kappa shape index (κ3) is 2.89. The minimum Gasteiger partial charge on any atom is -0.472 e. The molecule has 1 unspecified atom stereocenters. The number of nitrogens with zero attached hydrogens (tertiary/aromatic N) is 1. The van der Waals surface area contributed by atoms with Gasteiger partial charge in [-0.1, -0.05) is 12.1 Å². The number of ether oxygens (including phenoxy) is 1. The summed E-state index contributed by atoms with van der Waals surface area (Å²) >= 11 is 0. The zero-order valence-corrected chi connectivity index (χ0v) is 15.3. The van der Waals surface area contributed by atoms with E-state index in [0.717, 1.165) is 36.2 Å². The Morgan fingerprint density at radius 3 is 2.81 bits per heavy atom. The second-order valence-electron chi connectivity index (χ2n) is 6.74. The Bertz CT molecular complexity index is 1090. The van der Waals surface area contributed by atoms with Crippen LogP contribution in [0.5, 0.6) is 11.5 Å². The SMILES string of the molecule is O=S1(=O)NC2CCCN2c2ccc(Oc3cccc(-c4ccoc4)c3)cc21. The van der Waals surface area contributed by atoms with Gasteiger partial charge in [0.15, 0.2) is 0 Å². The summed E-state index contributed by atoms with van der Waals surface area (Å²) in [4.78, 5) is 2.38. The highest BCUT2D eigenvalue weighted by Crippen LogP contribution is 2.38. The molecular weight excluding hydrogens is 364 g/mol. The van der Waals surface area contributed by atoms with Crippen LogP contribution in [-0.2, 0) is 10.0 Å². The molecule has 6 nitrogen and oxygen atoms in total. The van der Waals surface area contributed by atoms with E-state index in [2.05, 4.69) is 9.62 Å². The number of sulfonamides is 1. The van der Waals surface area contributed by atoms with Gasteiger partial charge in [0.05, 0.1) is 24.4 Å². The zero-order valence-electron chi connectivity index (χ0n) is 14.5. The van der Waals surface area contributed by atoms with Gasteiger partial charge in [0.1, 0.15) is 16.4 Å². The highest BCUT2D eigenvalue weighted by atomic mass is 32.2. The summed E-state index contributed by atoms with van der Waals surface area (Å²) in [5, 5.41) is 0. The van der Waals surface area contributed by atoms with E-state index in [1.54, 1.807) is 18.6 Å². The highest BCUT2D eigenvalue weighted by Gasteiger charge is 2.37. The van der Waals surface area contributed by atoms with Crippen LogP contribution in [-0.4, -0.2) is 21.1 Å². The Morgan fingerprint density at radius 1 is 1.07 bits per heavy atom. The molecule has 5 rings (SSSR count). The molecule has 0 amide bonds. The molecule has 0 radical (unpaired) electrons. The molecule has 0 aliphatic carbocycles. The third-order valence-corrected chi connectivity index (χ3v) is 6.49. The van der Waals surface area contributed by atoms with E-state index in [1.165, 1.54) is 0 Å². The Labute approximate surface area is 157 Å². The largest absolute Gasteiger partial charge is 0.472 e. The zero-order chi connectivity index (χ0) is 18.4. The lowest BCUT2D eigenvalue weighted by Gasteiger charge is -2.33. The van der Waals surface area contributed by atoms with Crippen molar-refractivity contribution >= 4 is 15.7 Å². The molecule has 3 heterocycles. The van der Waals surface area contributed by atoms with Crippen LogP contribution in [0, 0.1) is 0 Å². The van der Waals surface area contributed by atoms with Gasteiger partial charge >= 0.3 is 0 Å². The maximum atomic E-state index is 12.6. The van der Waals surface area contributed by atoms with Gasteiger partial charge in [0.2, 0.25) is 10.0 Å². The summed E-state index contributed by atoms with van der Waals surface area (Å²) < 4.78 is 39.1. The molecule has 1 atom stereocenters. The van der Waals surface area contributed by atoms with Crippen molar-refractivity contribution in [3.63, 3.8) is 0 Å². The number of furan rings is 1. The first-order valence-corrected chi connectivity index (χ1v) is 10.3. The van der Waals surface area contributed by atoms with E-state index in [9.17, 15) is 8.42 Å². The number of hydrogen-bond donors (Lipinski definition) is 1.